The number of hydrogen-bond donors (Lipinski definition) is 1. The van der Waals surface area contributed by atoms with Crippen LogP contribution in [0.2, 0.25) is 0 Å². The fraction of sp³-hybridized carbons (Fsp3) is 0.583. The van der Waals surface area contributed by atoms with Crippen molar-refractivity contribution in [2.75, 3.05) is 20.6 Å². The van der Waals surface area contributed by atoms with Crippen LogP contribution in [0.3, 0.4) is 0 Å². The van der Waals surface area contributed by atoms with Gasteiger partial charge in [-0.05, 0) is 6.42 Å². The number of aryl methyl sites for hydroxylation is 1. The van der Waals surface area contributed by atoms with E-state index in [-0.39, 0.29) is 12.5 Å². The lowest BCUT2D eigenvalue weighted by Gasteiger charge is -2.24. The van der Waals surface area contributed by atoms with Gasteiger partial charge in [-0.2, -0.15) is 0 Å². The van der Waals surface area contributed by atoms with Gasteiger partial charge in [0.1, 0.15) is 5.82 Å². The first kappa shape index (κ1) is 15.0. The number of imidazole rings is 1. The van der Waals surface area contributed by atoms with E-state index in [4.69, 9.17) is 5.11 Å². The lowest BCUT2D eigenvalue weighted by molar-refractivity contribution is -0.137. The second-order valence-electron chi connectivity index (χ2n) is 4.51. The summed E-state index contributed by atoms with van der Waals surface area (Å²) in [6.07, 6.45) is 4.03. The molecule has 1 aromatic heterocycles. The second kappa shape index (κ2) is 6.77. The molecule has 19 heavy (non-hydrogen) atoms. The van der Waals surface area contributed by atoms with Gasteiger partial charge >= 0.3 is 12.0 Å². The van der Waals surface area contributed by atoms with Crippen molar-refractivity contribution in [1.82, 2.24) is 19.4 Å². The monoisotopic (exact) mass is 268 g/mol. The van der Waals surface area contributed by atoms with E-state index in [1.807, 2.05) is 17.8 Å². The molecule has 0 unspecified atom stereocenters. The standard InChI is InChI=1S/C12H20N4O3/c1-14-8-6-13-10(14)9-16(3)12(19)15(2)7-4-5-11(17)18/h6,8H,4-5,7,9H2,1-3H3,(H,17,18). The van der Waals surface area contributed by atoms with Gasteiger partial charge in [-0.3, -0.25) is 4.79 Å². The van der Waals surface area contributed by atoms with Crippen LogP contribution in [0.1, 0.15) is 18.7 Å². The lowest BCUT2D eigenvalue weighted by Crippen LogP contribution is -2.39. The topological polar surface area (TPSA) is 78.7 Å². The van der Waals surface area contributed by atoms with Gasteiger partial charge in [0.15, 0.2) is 0 Å². The number of nitrogens with zero attached hydrogens (tertiary/aromatic N) is 4. The molecule has 0 aliphatic carbocycles. The molecule has 0 saturated carbocycles. The van der Waals surface area contributed by atoms with Gasteiger partial charge in [0.25, 0.3) is 0 Å². The van der Waals surface area contributed by atoms with E-state index in [1.165, 1.54) is 4.90 Å². The highest BCUT2D eigenvalue weighted by Gasteiger charge is 2.15. The number of urea groups is 1. The molecule has 0 aliphatic rings. The minimum absolute atomic E-state index is 0.0701. The van der Waals surface area contributed by atoms with E-state index < -0.39 is 5.97 Å². The van der Waals surface area contributed by atoms with Crippen molar-refractivity contribution in [1.29, 1.82) is 0 Å². The van der Waals surface area contributed by atoms with Gasteiger partial charge in [-0.1, -0.05) is 0 Å². The largest absolute Gasteiger partial charge is 0.481 e. The molecule has 1 heterocycles. The fourth-order valence-corrected chi connectivity index (χ4v) is 1.68. The number of carboxylic acid groups (broad SMARTS) is 1. The maximum Gasteiger partial charge on any atom is 0.319 e. The smallest absolute Gasteiger partial charge is 0.319 e. The average molecular weight is 268 g/mol. The van der Waals surface area contributed by atoms with E-state index >= 15 is 0 Å². The van der Waals surface area contributed by atoms with Crippen molar-refractivity contribution in [2.45, 2.75) is 19.4 Å². The van der Waals surface area contributed by atoms with Crippen LogP contribution in [0.4, 0.5) is 4.79 Å². The molecular weight excluding hydrogens is 248 g/mol. The normalized spacial score (nSPS) is 10.3. The zero-order chi connectivity index (χ0) is 14.4. The number of aromatic nitrogens is 2. The van der Waals surface area contributed by atoms with Crippen molar-refractivity contribution in [3.63, 3.8) is 0 Å². The minimum atomic E-state index is -0.845. The highest BCUT2D eigenvalue weighted by molar-refractivity contribution is 5.73. The predicted octanol–water partition coefficient (Wildman–Crippen LogP) is 0.768. The van der Waals surface area contributed by atoms with Gasteiger partial charge in [0.05, 0.1) is 6.54 Å². The Morgan fingerprint density at radius 1 is 1.37 bits per heavy atom. The van der Waals surface area contributed by atoms with Gasteiger partial charge in [-0.25, -0.2) is 9.78 Å². The Morgan fingerprint density at radius 3 is 2.58 bits per heavy atom. The summed E-state index contributed by atoms with van der Waals surface area (Å²) in [7, 11) is 5.24. The number of aliphatic carboxylic acids is 1. The third-order valence-electron chi connectivity index (χ3n) is 2.84. The van der Waals surface area contributed by atoms with E-state index in [0.29, 0.717) is 19.5 Å². The first-order valence-electron chi connectivity index (χ1n) is 6.06. The molecule has 7 heteroatoms. The number of rotatable bonds is 6. The Kier molecular flexibility index (Phi) is 5.35. The van der Waals surface area contributed by atoms with Gasteiger partial charge in [0, 0.05) is 46.5 Å². The molecule has 0 saturated heterocycles. The maximum atomic E-state index is 12.0. The van der Waals surface area contributed by atoms with Crippen LogP contribution in [0.5, 0.6) is 0 Å². The van der Waals surface area contributed by atoms with Crippen molar-refractivity contribution in [3.05, 3.63) is 18.2 Å². The highest BCUT2D eigenvalue weighted by Crippen LogP contribution is 2.03. The van der Waals surface area contributed by atoms with Crippen molar-refractivity contribution < 1.29 is 14.7 Å². The van der Waals surface area contributed by atoms with E-state index in [1.54, 1.807) is 25.2 Å². The Hall–Kier alpha value is -2.05. The van der Waals surface area contributed by atoms with Crippen LogP contribution < -0.4 is 0 Å². The Balaban J connectivity index is 2.43. The summed E-state index contributed by atoms with van der Waals surface area (Å²) in [5, 5.41) is 8.55. The number of carbonyl (C=O) groups is 2. The summed E-state index contributed by atoms with van der Waals surface area (Å²) in [4.78, 5) is 29.7. The maximum absolute atomic E-state index is 12.0. The molecular formula is C12H20N4O3. The zero-order valence-corrected chi connectivity index (χ0v) is 11.5. The van der Waals surface area contributed by atoms with Crippen LogP contribution in [0.25, 0.3) is 0 Å². The first-order valence-corrected chi connectivity index (χ1v) is 6.06. The second-order valence-corrected chi connectivity index (χ2v) is 4.51. The van der Waals surface area contributed by atoms with Gasteiger partial charge in [-0.15, -0.1) is 0 Å². The average Bonchev–Trinajstić information content (AvgIpc) is 2.73. The number of carboxylic acids is 1. The minimum Gasteiger partial charge on any atom is -0.481 e. The number of carbonyl (C=O) groups excluding carboxylic acids is 1. The highest BCUT2D eigenvalue weighted by atomic mass is 16.4. The molecule has 0 spiro atoms. The van der Waals surface area contributed by atoms with Crippen LogP contribution >= 0.6 is 0 Å². The third kappa shape index (κ3) is 4.61. The molecule has 0 aromatic carbocycles. The van der Waals surface area contributed by atoms with Crippen LogP contribution in [0, 0.1) is 0 Å². The number of hydrogen-bond acceptors (Lipinski definition) is 3. The van der Waals surface area contributed by atoms with Crippen LogP contribution in [-0.2, 0) is 18.4 Å². The Morgan fingerprint density at radius 2 is 2.05 bits per heavy atom. The lowest BCUT2D eigenvalue weighted by atomic mass is 10.3. The van der Waals surface area contributed by atoms with E-state index in [2.05, 4.69) is 4.98 Å². The van der Waals surface area contributed by atoms with Gasteiger partial charge < -0.3 is 19.5 Å². The molecule has 0 fully saturated rings. The third-order valence-corrected chi connectivity index (χ3v) is 2.84. The van der Waals surface area contributed by atoms with Gasteiger partial charge in [0.2, 0.25) is 0 Å². The molecule has 0 aliphatic heterocycles. The first-order chi connectivity index (χ1) is 8.91. The van der Waals surface area contributed by atoms with E-state index in [9.17, 15) is 9.59 Å². The quantitative estimate of drug-likeness (QED) is 0.826. The molecule has 1 rings (SSSR count). The molecule has 0 atom stereocenters. The Labute approximate surface area is 112 Å². The molecule has 1 N–H and O–H groups in total. The predicted molar refractivity (Wildman–Crippen MR) is 69.6 cm³/mol. The van der Waals surface area contributed by atoms with Crippen molar-refractivity contribution >= 4 is 12.0 Å². The van der Waals surface area contributed by atoms with Crippen molar-refractivity contribution in [3.8, 4) is 0 Å². The SMILES string of the molecule is CN(CCCC(=O)O)C(=O)N(C)Cc1nccn1C. The van der Waals surface area contributed by atoms with Crippen LogP contribution in [0.15, 0.2) is 12.4 Å². The fourth-order valence-electron chi connectivity index (χ4n) is 1.68. The molecule has 2 amide bonds. The summed E-state index contributed by atoms with van der Waals surface area (Å²) in [6, 6.07) is -0.145. The van der Waals surface area contributed by atoms with Crippen molar-refractivity contribution in [2.24, 2.45) is 7.05 Å². The summed E-state index contributed by atoms with van der Waals surface area (Å²) < 4.78 is 1.86. The zero-order valence-electron chi connectivity index (χ0n) is 11.5. The summed E-state index contributed by atoms with van der Waals surface area (Å²) in [5.74, 6) is -0.0444. The van der Waals surface area contributed by atoms with E-state index in [0.717, 1.165) is 5.82 Å². The molecule has 0 bridgehead atoms. The molecule has 1 aromatic rings. The summed E-state index contributed by atoms with van der Waals surface area (Å²) in [6.45, 7) is 0.849. The Bertz CT molecular complexity index is 444. The van der Waals surface area contributed by atoms with Crippen LogP contribution in [-0.4, -0.2) is 57.1 Å². The molecule has 7 nitrogen and oxygen atoms in total. The summed E-state index contributed by atoms with van der Waals surface area (Å²) >= 11 is 0. The molecule has 106 valence electrons. The summed E-state index contributed by atoms with van der Waals surface area (Å²) in [5.41, 5.74) is 0. The number of amides is 2. The molecule has 0 radical (unpaired) electrons.